The predicted molar refractivity (Wildman–Crippen MR) is 105 cm³/mol. The fourth-order valence-electron chi connectivity index (χ4n) is 4.50. The maximum Gasteiger partial charge on any atom is 0.251 e. The number of fused-ring (bicyclic) bond motifs is 4. The second-order valence-electron chi connectivity index (χ2n) is 8.12. The Morgan fingerprint density at radius 2 is 2.04 bits per heavy atom. The Morgan fingerprint density at radius 1 is 1.23 bits per heavy atom. The van der Waals surface area contributed by atoms with E-state index in [4.69, 9.17) is 17.3 Å². The topological polar surface area (TPSA) is 64.2 Å². The zero-order valence-corrected chi connectivity index (χ0v) is 16.0. The van der Waals surface area contributed by atoms with Crippen molar-refractivity contribution in [2.75, 3.05) is 25.4 Å². The Morgan fingerprint density at radius 3 is 2.77 bits per heavy atom. The van der Waals surface area contributed by atoms with Crippen LogP contribution in [0, 0.1) is 11.8 Å². The maximum absolute atomic E-state index is 12.8. The summed E-state index contributed by atoms with van der Waals surface area (Å²) in [5, 5.41) is 0.418. The first-order valence-electron chi connectivity index (χ1n) is 9.29. The monoisotopic (exact) mass is 372 g/mol. The molecule has 138 valence electrons. The summed E-state index contributed by atoms with van der Waals surface area (Å²) in [4.78, 5) is 19.5. The quantitative estimate of drug-likeness (QED) is 0.898. The average molecular weight is 373 g/mol. The number of aromatic nitrogens is 2. The molecule has 2 aromatic rings. The lowest BCUT2D eigenvalue weighted by Gasteiger charge is -2.43. The largest absolute Gasteiger partial charge is 0.382 e. The molecule has 2 bridgehead atoms. The third-order valence-corrected chi connectivity index (χ3v) is 5.76. The second-order valence-corrected chi connectivity index (χ2v) is 8.53. The highest BCUT2D eigenvalue weighted by Crippen LogP contribution is 2.37. The van der Waals surface area contributed by atoms with Gasteiger partial charge in [-0.1, -0.05) is 25.4 Å². The summed E-state index contributed by atoms with van der Waals surface area (Å²) < 4.78 is 1.97. The van der Waals surface area contributed by atoms with E-state index in [9.17, 15) is 4.79 Å². The van der Waals surface area contributed by atoms with E-state index in [-0.39, 0.29) is 5.56 Å². The van der Waals surface area contributed by atoms with Gasteiger partial charge >= 0.3 is 0 Å². The minimum atomic E-state index is 0.0671. The van der Waals surface area contributed by atoms with Crippen molar-refractivity contribution in [1.29, 1.82) is 0 Å². The van der Waals surface area contributed by atoms with Crippen molar-refractivity contribution in [3.8, 4) is 11.1 Å². The molecule has 26 heavy (non-hydrogen) atoms. The number of piperidine rings is 1. The number of anilines is 1. The van der Waals surface area contributed by atoms with Gasteiger partial charge in [-0.2, -0.15) is 0 Å². The molecular formula is C20H25ClN4O. The van der Waals surface area contributed by atoms with Crippen molar-refractivity contribution in [1.82, 2.24) is 14.5 Å². The first-order valence-corrected chi connectivity index (χ1v) is 9.67. The summed E-state index contributed by atoms with van der Waals surface area (Å²) in [5.41, 5.74) is 8.63. The molecular weight excluding hydrogens is 348 g/mol. The number of hydrogen-bond donors (Lipinski definition) is 1. The lowest BCUT2D eigenvalue weighted by atomic mass is 9.82. The molecule has 6 heteroatoms. The molecule has 0 radical (unpaired) electrons. The Balaban J connectivity index is 1.72. The van der Waals surface area contributed by atoms with Crippen LogP contribution in [0.5, 0.6) is 0 Å². The van der Waals surface area contributed by atoms with Crippen LogP contribution in [0.15, 0.2) is 29.2 Å². The molecule has 2 atom stereocenters. The molecule has 0 aromatic carbocycles. The van der Waals surface area contributed by atoms with Gasteiger partial charge in [0.2, 0.25) is 0 Å². The van der Waals surface area contributed by atoms with Gasteiger partial charge in [0.25, 0.3) is 5.56 Å². The van der Waals surface area contributed by atoms with Crippen LogP contribution in [0.4, 0.5) is 5.82 Å². The van der Waals surface area contributed by atoms with Gasteiger partial charge in [-0.3, -0.25) is 4.79 Å². The molecule has 0 aliphatic carbocycles. The predicted octanol–water partition coefficient (Wildman–Crippen LogP) is 3.22. The zero-order valence-electron chi connectivity index (χ0n) is 15.3. The minimum Gasteiger partial charge on any atom is -0.382 e. The molecule has 2 aliphatic heterocycles. The molecule has 2 N–H and O–H groups in total. The molecule has 0 unspecified atom stereocenters. The number of likely N-dealkylation sites (tertiary alicyclic amines) is 1. The van der Waals surface area contributed by atoms with Crippen molar-refractivity contribution < 1.29 is 0 Å². The first-order chi connectivity index (χ1) is 12.4. The SMILES string of the molecule is CC(C)CN1C[C@@H]2C[C@H](C1)c1cc(-c3cnc(N)c(Cl)c3)cc(=O)n1C2. The number of nitrogens with zero attached hydrogens (tertiary/aromatic N) is 3. The van der Waals surface area contributed by atoms with Gasteiger partial charge in [0.05, 0.1) is 5.02 Å². The summed E-state index contributed by atoms with van der Waals surface area (Å²) in [6, 6.07) is 5.62. The van der Waals surface area contributed by atoms with Crippen LogP contribution in [0.25, 0.3) is 11.1 Å². The molecule has 0 saturated carbocycles. The normalized spacial score (nSPS) is 22.5. The highest BCUT2D eigenvalue weighted by atomic mass is 35.5. The average Bonchev–Trinajstić information content (AvgIpc) is 2.57. The molecule has 0 spiro atoms. The summed E-state index contributed by atoms with van der Waals surface area (Å²) in [7, 11) is 0. The van der Waals surface area contributed by atoms with Gasteiger partial charge in [0, 0.05) is 55.6 Å². The second kappa shape index (κ2) is 6.71. The van der Waals surface area contributed by atoms with Gasteiger partial charge in [-0.05, 0) is 36.0 Å². The van der Waals surface area contributed by atoms with Crippen LogP contribution >= 0.6 is 11.6 Å². The van der Waals surface area contributed by atoms with E-state index < -0.39 is 0 Å². The van der Waals surface area contributed by atoms with Crippen LogP contribution in [0.2, 0.25) is 5.02 Å². The van der Waals surface area contributed by atoms with Gasteiger partial charge in [-0.25, -0.2) is 4.98 Å². The molecule has 5 nitrogen and oxygen atoms in total. The molecule has 1 fully saturated rings. The molecule has 0 amide bonds. The van der Waals surface area contributed by atoms with E-state index in [1.54, 1.807) is 18.3 Å². The Kier molecular flexibility index (Phi) is 4.53. The number of nitrogen functional groups attached to an aromatic ring is 1. The van der Waals surface area contributed by atoms with Crippen molar-refractivity contribution in [3.05, 3.63) is 45.5 Å². The van der Waals surface area contributed by atoms with Gasteiger partial charge in [0.15, 0.2) is 0 Å². The van der Waals surface area contributed by atoms with E-state index in [2.05, 4.69) is 29.8 Å². The molecule has 2 aliphatic rings. The van der Waals surface area contributed by atoms with Crippen LogP contribution in [0.1, 0.15) is 31.9 Å². The summed E-state index contributed by atoms with van der Waals surface area (Å²) in [6.45, 7) is 8.59. The smallest absolute Gasteiger partial charge is 0.251 e. The van der Waals surface area contributed by atoms with E-state index in [1.807, 2.05) is 4.57 Å². The number of rotatable bonds is 3. The lowest BCUT2D eigenvalue weighted by Crippen LogP contribution is -2.48. The Hall–Kier alpha value is -1.85. The molecule has 4 heterocycles. The van der Waals surface area contributed by atoms with Crippen molar-refractivity contribution >= 4 is 17.4 Å². The maximum atomic E-state index is 12.8. The highest BCUT2D eigenvalue weighted by Gasteiger charge is 2.34. The lowest BCUT2D eigenvalue weighted by molar-refractivity contribution is 0.109. The minimum absolute atomic E-state index is 0.0671. The van der Waals surface area contributed by atoms with E-state index in [1.165, 1.54) is 0 Å². The summed E-state index contributed by atoms with van der Waals surface area (Å²) >= 11 is 6.12. The van der Waals surface area contributed by atoms with Gasteiger partial charge < -0.3 is 15.2 Å². The molecule has 1 saturated heterocycles. The Bertz CT molecular complexity index is 892. The van der Waals surface area contributed by atoms with Crippen molar-refractivity contribution in [2.24, 2.45) is 11.8 Å². The summed E-state index contributed by atoms with van der Waals surface area (Å²) in [6.07, 6.45) is 2.85. The number of hydrogen-bond acceptors (Lipinski definition) is 4. The van der Waals surface area contributed by atoms with Crippen LogP contribution in [0.3, 0.4) is 0 Å². The third kappa shape index (κ3) is 3.26. The number of halogens is 1. The van der Waals surface area contributed by atoms with Crippen LogP contribution in [-0.4, -0.2) is 34.1 Å². The number of nitrogens with two attached hydrogens (primary N) is 1. The first kappa shape index (κ1) is 17.6. The zero-order chi connectivity index (χ0) is 18.4. The Labute approximate surface area is 158 Å². The summed E-state index contributed by atoms with van der Waals surface area (Å²) in [5.74, 6) is 1.94. The van der Waals surface area contributed by atoms with Crippen molar-refractivity contribution in [2.45, 2.75) is 32.7 Å². The van der Waals surface area contributed by atoms with Crippen LogP contribution in [-0.2, 0) is 6.54 Å². The standard InChI is InChI=1S/C20H25ClN4O/c1-12(2)8-24-9-13-3-16(11-24)18-5-14(6-19(26)25(18)10-13)15-4-17(21)20(22)23-7-15/h4-7,12-13,16H,3,8-11H2,1-2H3,(H2,22,23)/t13-,16+/m0/s1. The highest BCUT2D eigenvalue weighted by molar-refractivity contribution is 6.33. The fourth-order valence-corrected chi connectivity index (χ4v) is 4.66. The van der Waals surface area contributed by atoms with E-state index >= 15 is 0 Å². The van der Waals surface area contributed by atoms with Gasteiger partial charge in [0.1, 0.15) is 5.82 Å². The fraction of sp³-hybridized carbons (Fsp3) is 0.500. The molecule has 2 aromatic heterocycles. The van der Waals surface area contributed by atoms with Gasteiger partial charge in [-0.15, -0.1) is 0 Å². The van der Waals surface area contributed by atoms with Crippen LogP contribution < -0.4 is 11.3 Å². The van der Waals surface area contributed by atoms with Crippen molar-refractivity contribution in [3.63, 3.8) is 0 Å². The van der Waals surface area contributed by atoms with E-state index in [0.29, 0.717) is 28.6 Å². The number of pyridine rings is 2. The third-order valence-electron chi connectivity index (χ3n) is 5.46. The van der Waals surface area contributed by atoms with E-state index in [0.717, 1.165) is 49.4 Å². The molecule has 4 rings (SSSR count).